The number of hydrogen-bond acceptors (Lipinski definition) is 4. The molecule has 0 bridgehead atoms. The summed E-state index contributed by atoms with van der Waals surface area (Å²) in [6.45, 7) is 5.74. The average molecular weight is 238 g/mol. The van der Waals surface area contributed by atoms with Crippen LogP contribution in [0.4, 0.5) is 0 Å². The summed E-state index contributed by atoms with van der Waals surface area (Å²) in [5.41, 5.74) is 0.246. The van der Waals surface area contributed by atoms with E-state index in [0.717, 1.165) is 19.3 Å². The topological polar surface area (TPSA) is 52.6 Å². The molecule has 2 saturated heterocycles. The lowest BCUT2D eigenvalue weighted by atomic mass is 9.95. The Hall–Kier alpha value is -1.32. The predicted molar refractivity (Wildman–Crippen MR) is 61.1 cm³/mol. The smallest absolute Gasteiger partial charge is 0.334 e. The summed E-state index contributed by atoms with van der Waals surface area (Å²) < 4.78 is 10.4. The SMILES string of the molecule is C=C1C(=O)O[C@@H]2[C@H]1C(=O)O[C@@H]2CCCCCC. The van der Waals surface area contributed by atoms with Crippen molar-refractivity contribution in [3.05, 3.63) is 12.2 Å². The van der Waals surface area contributed by atoms with Gasteiger partial charge in [-0.1, -0.05) is 32.8 Å². The summed E-state index contributed by atoms with van der Waals surface area (Å²) in [4.78, 5) is 22.9. The number of esters is 2. The van der Waals surface area contributed by atoms with E-state index in [1.165, 1.54) is 12.8 Å². The quantitative estimate of drug-likeness (QED) is 0.417. The minimum absolute atomic E-state index is 0.246. The van der Waals surface area contributed by atoms with Gasteiger partial charge in [0.1, 0.15) is 12.0 Å². The fraction of sp³-hybridized carbons (Fsp3) is 0.692. The van der Waals surface area contributed by atoms with E-state index in [-0.39, 0.29) is 17.6 Å². The van der Waals surface area contributed by atoms with Crippen molar-refractivity contribution in [2.75, 3.05) is 0 Å². The van der Waals surface area contributed by atoms with Crippen molar-refractivity contribution in [2.45, 2.75) is 51.2 Å². The highest BCUT2D eigenvalue weighted by molar-refractivity contribution is 5.99. The van der Waals surface area contributed by atoms with Gasteiger partial charge in [0.25, 0.3) is 0 Å². The van der Waals surface area contributed by atoms with Gasteiger partial charge < -0.3 is 9.47 Å². The number of carbonyl (C=O) groups excluding carboxylic acids is 2. The first-order chi connectivity index (χ1) is 8.15. The molecule has 0 amide bonds. The third kappa shape index (κ3) is 2.21. The Morgan fingerprint density at radius 2 is 1.94 bits per heavy atom. The molecule has 0 unspecified atom stereocenters. The summed E-state index contributed by atoms with van der Waals surface area (Å²) in [7, 11) is 0. The monoisotopic (exact) mass is 238 g/mol. The first kappa shape index (κ1) is 12.1. The van der Waals surface area contributed by atoms with Crippen molar-refractivity contribution in [3.63, 3.8) is 0 Å². The molecule has 17 heavy (non-hydrogen) atoms. The summed E-state index contributed by atoms with van der Waals surface area (Å²) in [6, 6.07) is 0. The van der Waals surface area contributed by atoms with Crippen LogP contribution in [0.5, 0.6) is 0 Å². The van der Waals surface area contributed by atoms with Gasteiger partial charge in [0.05, 0.1) is 0 Å². The van der Waals surface area contributed by atoms with Crippen LogP contribution in [0.2, 0.25) is 0 Å². The average Bonchev–Trinajstić information content (AvgIpc) is 2.75. The molecule has 2 aliphatic rings. The largest absolute Gasteiger partial charge is 0.458 e. The number of unbranched alkanes of at least 4 members (excludes halogenated alkanes) is 3. The highest BCUT2D eigenvalue weighted by Crippen LogP contribution is 2.38. The van der Waals surface area contributed by atoms with Crippen LogP contribution >= 0.6 is 0 Å². The van der Waals surface area contributed by atoms with Gasteiger partial charge in [0, 0.05) is 5.57 Å². The maximum atomic E-state index is 11.6. The Labute approximate surface area is 101 Å². The Balaban J connectivity index is 1.91. The Kier molecular flexibility index (Phi) is 3.50. The number of ether oxygens (including phenoxy) is 2. The molecule has 4 nitrogen and oxygen atoms in total. The molecule has 94 valence electrons. The zero-order valence-electron chi connectivity index (χ0n) is 10.1. The lowest BCUT2D eigenvalue weighted by molar-refractivity contribution is -0.149. The van der Waals surface area contributed by atoms with Crippen LogP contribution in [0.25, 0.3) is 0 Å². The van der Waals surface area contributed by atoms with Crippen LogP contribution in [-0.2, 0) is 19.1 Å². The van der Waals surface area contributed by atoms with Crippen LogP contribution < -0.4 is 0 Å². The van der Waals surface area contributed by atoms with Crippen molar-refractivity contribution in [2.24, 2.45) is 5.92 Å². The summed E-state index contributed by atoms with van der Waals surface area (Å²) in [5, 5.41) is 0. The number of fused-ring (bicyclic) bond motifs is 1. The molecule has 0 aliphatic carbocycles. The highest BCUT2D eigenvalue weighted by atomic mass is 16.6. The number of hydrogen-bond donors (Lipinski definition) is 0. The van der Waals surface area contributed by atoms with Crippen molar-refractivity contribution in [3.8, 4) is 0 Å². The first-order valence-corrected chi connectivity index (χ1v) is 6.25. The molecule has 3 atom stereocenters. The van der Waals surface area contributed by atoms with Gasteiger partial charge >= 0.3 is 11.9 Å². The molecule has 2 rings (SSSR count). The van der Waals surface area contributed by atoms with Gasteiger partial charge in [-0.3, -0.25) is 4.79 Å². The van der Waals surface area contributed by atoms with Crippen LogP contribution in [-0.4, -0.2) is 24.1 Å². The molecular formula is C13H18O4. The van der Waals surface area contributed by atoms with E-state index in [0.29, 0.717) is 0 Å². The second-order valence-electron chi connectivity index (χ2n) is 4.70. The third-order valence-electron chi connectivity index (χ3n) is 3.44. The molecule has 0 spiro atoms. The summed E-state index contributed by atoms with van der Waals surface area (Å²) in [5.74, 6) is -1.36. The molecule has 0 N–H and O–H groups in total. The van der Waals surface area contributed by atoms with Crippen LogP contribution in [0.1, 0.15) is 39.0 Å². The maximum absolute atomic E-state index is 11.6. The summed E-state index contributed by atoms with van der Waals surface area (Å²) >= 11 is 0. The maximum Gasteiger partial charge on any atom is 0.334 e. The number of cyclic esters (lactones) is 1. The molecule has 0 aromatic rings. The number of carbonyl (C=O) groups is 2. The normalized spacial score (nSPS) is 31.4. The molecule has 2 heterocycles. The van der Waals surface area contributed by atoms with E-state index in [1.54, 1.807) is 0 Å². The number of rotatable bonds is 5. The Morgan fingerprint density at radius 1 is 1.18 bits per heavy atom. The van der Waals surface area contributed by atoms with E-state index >= 15 is 0 Å². The van der Waals surface area contributed by atoms with Gasteiger partial charge in [-0.2, -0.15) is 0 Å². The van der Waals surface area contributed by atoms with Gasteiger partial charge in [0.15, 0.2) is 6.10 Å². The van der Waals surface area contributed by atoms with E-state index in [9.17, 15) is 9.59 Å². The molecule has 0 saturated carbocycles. The molecule has 2 aliphatic heterocycles. The molecular weight excluding hydrogens is 220 g/mol. The zero-order valence-corrected chi connectivity index (χ0v) is 10.1. The van der Waals surface area contributed by atoms with Gasteiger partial charge in [0.2, 0.25) is 0 Å². The van der Waals surface area contributed by atoms with Crippen molar-refractivity contribution in [1.29, 1.82) is 0 Å². The second kappa shape index (κ2) is 4.90. The standard InChI is InChI=1S/C13H18O4/c1-3-4-5-6-7-9-11-10(13(15)16-9)8(2)12(14)17-11/h9-11H,2-7H2,1H3/t9-,10+,11+/m1/s1. The van der Waals surface area contributed by atoms with Crippen LogP contribution in [0.3, 0.4) is 0 Å². The Bertz CT molecular complexity index is 347. The van der Waals surface area contributed by atoms with Gasteiger partial charge in [-0.25, -0.2) is 4.79 Å². The summed E-state index contributed by atoms with van der Waals surface area (Å²) in [6.07, 6.45) is 4.55. The van der Waals surface area contributed by atoms with E-state index in [4.69, 9.17) is 9.47 Å². The zero-order chi connectivity index (χ0) is 12.4. The van der Waals surface area contributed by atoms with E-state index in [1.807, 2.05) is 0 Å². The molecule has 0 radical (unpaired) electrons. The fourth-order valence-corrected chi connectivity index (χ4v) is 2.44. The second-order valence-corrected chi connectivity index (χ2v) is 4.70. The van der Waals surface area contributed by atoms with Crippen molar-refractivity contribution >= 4 is 11.9 Å². The van der Waals surface area contributed by atoms with Gasteiger partial charge in [-0.15, -0.1) is 0 Å². The molecule has 0 aromatic heterocycles. The molecule has 0 aromatic carbocycles. The minimum Gasteiger partial charge on any atom is -0.458 e. The fourth-order valence-electron chi connectivity index (χ4n) is 2.44. The third-order valence-corrected chi connectivity index (χ3v) is 3.44. The predicted octanol–water partition coefficient (Wildman–Crippen LogP) is 1.98. The van der Waals surface area contributed by atoms with E-state index < -0.39 is 18.0 Å². The lowest BCUT2D eigenvalue weighted by Crippen LogP contribution is -2.25. The van der Waals surface area contributed by atoms with Crippen LogP contribution in [0.15, 0.2) is 12.2 Å². The van der Waals surface area contributed by atoms with Gasteiger partial charge in [-0.05, 0) is 12.8 Å². The molecule has 2 fully saturated rings. The lowest BCUT2D eigenvalue weighted by Gasteiger charge is -2.14. The highest BCUT2D eigenvalue weighted by Gasteiger charge is 2.54. The van der Waals surface area contributed by atoms with Crippen molar-refractivity contribution in [1.82, 2.24) is 0 Å². The van der Waals surface area contributed by atoms with E-state index in [2.05, 4.69) is 13.5 Å². The minimum atomic E-state index is -0.557. The van der Waals surface area contributed by atoms with Crippen LogP contribution in [0, 0.1) is 5.92 Å². The first-order valence-electron chi connectivity index (χ1n) is 6.25. The van der Waals surface area contributed by atoms with Crippen molar-refractivity contribution < 1.29 is 19.1 Å². The molecule has 4 heteroatoms. The Morgan fingerprint density at radius 3 is 2.65 bits per heavy atom.